The van der Waals surface area contributed by atoms with Crippen molar-refractivity contribution in [3.05, 3.63) is 29.0 Å². The topological polar surface area (TPSA) is 60.2 Å². The summed E-state index contributed by atoms with van der Waals surface area (Å²) >= 11 is 5.49. The Morgan fingerprint density at radius 1 is 1.53 bits per heavy atom. The summed E-state index contributed by atoms with van der Waals surface area (Å²) in [6, 6.07) is 2.82. The minimum atomic E-state index is -3.47. The lowest BCUT2D eigenvalue weighted by Gasteiger charge is -2.07. The first-order chi connectivity index (χ1) is 6.83. The van der Waals surface area contributed by atoms with E-state index in [4.69, 9.17) is 17.3 Å². The fourth-order valence-electron chi connectivity index (χ4n) is 1.11. The molecule has 1 unspecified atom stereocenters. The molecular formula is C9H11ClFNO2S. The lowest BCUT2D eigenvalue weighted by atomic mass is 10.3. The van der Waals surface area contributed by atoms with Crippen LogP contribution in [0.15, 0.2) is 23.1 Å². The third-order valence-corrected chi connectivity index (χ3v) is 3.96. The predicted octanol–water partition coefficient (Wildman–Crippen LogP) is 1.60. The van der Waals surface area contributed by atoms with Gasteiger partial charge in [0.15, 0.2) is 9.84 Å². The van der Waals surface area contributed by atoms with Crippen LogP contribution in [0.3, 0.4) is 0 Å². The normalized spacial score (nSPS) is 13.9. The number of rotatable bonds is 3. The van der Waals surface area contributed by atoms with E-state index in [2.05, 4.69) is 0 Å². The Balaban J connectivity index is 3.11. The molecule has 0 bridgehead atoms. The molecule has 84 valence electrons. The summed E-state index contributed by atoms with van der Waals surface area (Å²) < 4.78 is 36.1. The second-order valence-corrected chi connectivity index (χ2v) is 5.78. The van der Waals surface area contributed by atoms with Crippen LogP contribution < -0.4 is 5.73 Å². The van der Waals surface area contributed by atoms with E-state index in [9.17, 15) is 12.8 Å². The largest absolute Gasteiger partial charge is 0.327 e. The van der Waals surface area contributed by atoms with Gasteiger partial charge in [-0.05, 0) is 25.1 Å². The zero-order chi connectivity index (χ0) is 11.6. The fourth-order valence-corrected chi connectivity index (χ4v) is 2.82. The van der Waals surface area contributed by atoms with Crippen LogP contribution in [0.25, 0.3) is 0 Å². The molecule has 0 aliphatic heterocycles. The highest BCUT2D eigenvalue weighted by molar-refractivity contribution is 7.91. The Morgan fingerprint density at radius 3 is 2.60 bits per heavy atom. The number of hydrogen-bond donors (Lipinski definition) is 1. The molecule has 6 heteroatoms. The van der Waals surface area contributed by atoms with Crippen LogP contribution in [0.4, 0.5) is 4.39 Å². The number of nitrogens with two attached hydrogens (primary N) is 1. The summed E-state index contributed by atoms with van der Waals surface area (Å²) in [6.45, 7) is 1.59. The molecule has 2 N–H and O–H groups in total. The number of sulfone groups is 1. The quantitative estimate of drug-likeness (QED) is 0.830. The van der Waals surface area contributed by atoms with Crippen LogP contribution in [0.2, 0.25) is 5.02 Å². The zero-order valence-corrected chi connectivity index (χ0v) is 9.65. The van der Waals surface area contributed by atoms with Gasteiger partial charge in [-0.1, -0.05) is 11.6 Å². The van der Waals surface area contributed by atoms with Crippen molar-refractivity contribution in [2.24, 2.45) is 5.73 Å². The monoisotopic (exact) mass is 251 g/mol. The molecule has 1 aromatic rings. The minimum absolute atomic E-state index is 0.00815. The van der Waals surface area contributed by atoms with Gasteiger partial charge in [0.25, 0.3) is 0 Å². The highest BCUT2D eigenvalue weighted by Gasteiger charge is 2.17. The molecule has 0 fully saturated rings. The smallest absolute Gasteiger partial charge is 0.179 e. The minimum Gasteiger partial charge on any atom is -0.327 e. The SMILES string of the molecule is CC(N)CS(=O)(=O)c1ccc(F)c(Cl)c1. The van der Waals surface area contributed by atoms with Crippen LogP contribution in [-0.4, -0.2) is 20.2 Å². The number of benzene rings is 1. The summed E-state index contributed by atoms with van der Waals surface area (Å²) in [7, 11) is -3.47. The van der Waals surface area contributed by atoms with Gasteiger partial charge >= 0.3 is 0 Å². The molecule has 15 heavy (non-hydrogen) atoms. The van der Waals surface area contributed by atoms with Crippen LogP contribution >= 0.6 is 11.6 Å². The van der Waals surface area contributed by atoms with Gasteiger partial charge in [0.2, 0.25) is 0 Å². The van der Waals surface area contributed by atoms with Crippen LogP contribution in [0.5, 0.6) is 0 Å². The number of halogens is 2. The lowest BCUT2D eigenvalue weighted by Crippen LogP contribution is -2.26. The summed E-state index contributed by atoms with van der Waals surface area (Å²) in [5.74, 6) is -0.828. The van der Waals surface area contributed by atoms with E-state index in [0.29, 0.717) is 0 Å². The van der Waals surface area contributed by atoms with Crippen molar-refractivity contribution in [3.63, 3.8) is 0 Å². The molecule has 0 saturated heterocycles. The molecule has 0 saturated carbocycles. The molecule has 1 rings (SSSR count). The Kier molecular flexibility index (Phi) is 3.70. The molecule has 1 atom stereocenters. The van der Waals surface area contributed by atoms with E-state index in [0.717, 1.165) is 12.1 Å². The van der Waals surface area contributed by atoms with Gasteiger partial charge < -0.3 is 5.73 Å². The second kappa shape index (κ2) is 4.47. The van der Waals surface area contributed by atoms with Crippen molar-refractivity contribution < 1.29 is 12.8 Å². The maximum Gasteiger partial charge on any atom is 0.179 e. The van der Waals surface area contributed by atoms with Crippen molar-refractivity contribution in [2.45, 2.75) is 17.9 Å². The Labute approximate surface area is 93.0 Å². The van der Waals surface area contributed by atoms with Crippen LogP contribution in [0, 0.1) is 5.82 Å². The predicted molar refractivity (Wildman–Crippen MR) is 57.1 cm³/mol. The van der Waals surface area contributed by atoms with Crippen molar-refractivity contribution in [1.82, 2.24) is 0 Å². The average Bonchev–Trinajstić information content (AvgIpc) is 2.07. The van der Waals surface area contributed by atoms with Gasteiger partial charge in [0, 0.05) is 6.04 Å². The van der Waals surface area contributed by atoms with Crippen molar-refractivity contribution in [1.29, 1.82) is 0 Å². The molecule has 0 aromatic heterocycles. The maximum absolute atomic E-state index is 12.8. The summed E-state index contributed by atoms with van der Waals surface area (Å²) in [6.07, 6.45) is 0. The highest BCUT2D eigenvalue weighted by Crippen LogP contribution is 2.20. The Hall–Kier alpha value is -0.650. The van der Waals surface area contributed by atoms with E-state index in [1.54, 1.807) is 6.92 Å². The van der Waals surface area contributed by atoms with E-state index >= 15 is 0 Å². The molecule has 0 aliphatic rings. The van der Waals surface area contributed by atoms with Gasteiger partial charge in [-0.3, -0.25) is 0 Å². The van der Waals surface area contributed by atoms with Gasteiger partial charge in [0.05, 0.1) is 15.7 Å². The average molecular weight is 252 g/mol. The van der Waals surface area contributed by atoms with Crippen LogP contribution in [-0.2, 0) is 9.84 Å². The third-order valence-electron chi connectivity index (χ3n) is 1.73. The van der Waals surface area contributed by atoms with E-state index < -0.39 is 21.7 Å². The molecule has 0 aliphatic carbocycles. The molecule has 0 heterocycles. The van der Waals surface area contributed by atoms with Crippen molar-refractivity contribution >= 4 is 21.4 Å². The van der Waals surface area contributed by atoms with E-state index in [1.807, 2.05) is 0 Å². The van der Waals surface area contributed by atoms with Crippen LogP contribution in [0.1, 0.15) is 6.92 Å². The first kappa shape index (κ1) is 12.4. The molecule has 0 radical (unpaired) electrons. The lowest BCUT2D eigenvalue weighted by molar-refractivity contribution is 0.589. The van der Waals surface area contributed by atoms with Gasteiger partial charge in [0.1, 0.15) is 5.82 Å². The van der Waals surface area contributed by atoms with E-state index in [1.165, 1.54) is 6.07 Å². The summed E-state index contributed by atoms with van der Waals surface area (Å²) in [4.78, 5) is -0.00815. The Morgan fingerprint density at radius 2 is 2.13 bits per heavy atom. The standard InChI is InChI=1S/C9H11ClFNO2S/c1-6(12)5-15(13,14)7-2-3-9(11)8(10)4-7/h2-4,6H,5,12H2,1H3. The molecule has 1 aromatic carbocycles. The highest BCUT2D eigenvalue weighted by atomic mass is 35.5. The molecule has 0 amide bonds. The molecule has 0 spiro atoms. The summed E-state index contributed by atoms with van der Waals surface area (Å²) in [5, 5.41) is -0.208. The number of hydrogen-bond acceptors (Lipinski definition) is 3. The first-order valence-electron chi connectivity index (χ1n) is 4.26. The zero-order valence-electron chi connectivity index (χ0n) is 8.07. The maximum atomic E-state index is 12.8. The second-order valence-electron chi connectivity index (χ2n) is 3.33. The summed E-state index contributed by atoms with van der Waals surface area (Å²) in [5.41, 5.74) is 5.40. The fraction of sp³-hybridized carbons (Fsp3) is 0.333. The third kappa shape index (κ3) is 3.15. The van der Waals surface area contributed by atoms with Crippen molar-refractivity contribution in [3.8, 4) is 0 Å². The van der Waals surface area contributed by atoms with E-state index in [-0.39, 0.29) is 15.7 Å². The molecule has 3 nitrogen and oxygen atoms in total. The molecular weight excluding hydrogens is 241 g/mol. The Bertz CT molecular complexity index is 459. The first-order valence-corrected chi connectivity index (χ1v) is 6.29. The van der Waals surface area contributed by atoms with Crippen molar-refractivity contribution in [2.75, 3.05) is 5.75 Å². The van der Waals surface area contributed by atoms with Gasteiger partial charge in [-0.2, -0.15) is 0 Å². The van der Waals surface area contributed by atoms with Gasteiger partial charge in [-0.25, -0.2) is 12.8 Å². The van der Waals surface area contributed by atoms with Gasteiger partial charge in [-0.15, -0.1) is 0 Å².